The maximum Gasteiger partial charge on any atom is 0.153 e. The molecule has 3 nitrogen and oxygen atoms in total. The molecule has 0 N–H and O–H groups in total. The van der Waals surface area contributed by atoms with Crippen LogP contribution in [0.15, 0.2) is 243 Å². The van der Waals surface area contributed by atoms with Crippen LogP contribution in [0.1, 0.15) is 22.3 Å². The molecular weight excluding hydrogens is 777 g/mol. The van der Waals surface area contributed by atoms with Crippen LogP contribution in [0.4, 0.5) is 34.1 Å². The molecule has 0 saturated heterocycles. The molecule has 3 heteroatoms. The van der Waals surface area contributed by atoms with Crippen LogP contribution in [0, 0.1) is 0 Å². The summed E-state index contributed by atoms with van der Waals surface area (Å²) in [4.78, 5) is 4.81. The Kier molecular flexibility index (Phi) is 8.13. The Balaban J connectivity index is 1.01. The smallest absolute Gasteiger partial charge is 0.153 e. The van der Waals surface area contributed by atoms with Gasteiger partial charge in [-0.1, -0.05) is 182 Å². The van der Waals surface area contributed by atoms with Crippen LogP contribution in [0.3, 0.4) is 0 Å². The van der Waals surface area contributed by atoms with Crippen LogP contribution in [-0.2, 0) is 5.41 Å². The molecule has 0 aromatic heterocycles. The van der Waals surface area contributed by atoms with E-state index in [1.165, 1.54) is 44.5 Å². The largest absolute Gasteiger partial charge is 0.453 e. The first-order chi connectivity index (χ1) is 31.7. The Labute approximate surface area is 373 Å². The van der Waals surface area contributed by atoms with Crippen LogP contribution >= 0.6 is 0 Å². The van der Waals surface area contributed by atoms with Gasteiger partial charge in [-0.15, -0.1) is 0 Å². The molecule has 0 bridgehead atoms. The summed E-state index contributed by atoms with van der Waals surface area (Å²) in [6, 6.07) is 88.0. The molecule has 0 atom stereocenters. The van der Waals surface area contributed by atoms with Crippen molar-refractivity contribution < 1.29 is 4.74 Å². The topological polar surface area (TPSA) is 15.7 Å². The van der Waals surface area contributed by atoms with Crippen molar-refractivity contribution in [2.24, 2.45) is 0 Å². The molecule has 2 aliphatic heterocycles. The molecule has 1 spiro atoms. The minimum atomic E-state index is -0.505. The van der Waals surface area contributed by atoms with Crippen molar-refractivity contribution in [2.75, 3.05) is 9.80 Å². The fourth-order valence-electron chi connectivity index (χ4n) is 10.7. The van der Waals surface area contributed by atoms with Gasteiger partial charge in [0, 0.05) is 23.1 Å². The van der Waals surface area contributed by atoms with Gasteiger partial charge in [0.2, 0.25) is 0 Å². The Bertz CT molecular complexity index is 3310. The first-order valence-corrected chi connectivity index (χ1v) is 22.0. The molecule has 300 valence electrons. The third-order valence-corrected chi connectivity index (χ3v) is 13.4. The lowest BCUT2D eigenvalue weighted by atomic mass is 9.64. The zero-order valence-electron chi connectivity index (χ0n) is 34.9. The molecule has 3 aliphatic rings. The fraction of sp³-hybridized carbons (Fsp3) is 0.0164. The standard InChI is InChI=1S/C61H40N2O/c1-4-17-41(18-5-1)44-31-33-47(34-32-44)62(49-38-45(42-19-6-2-7-20-42)37-46(39-49)43-21-8-3-9-22-43)48-35-36-57-59(40-48)64-58-30-16-28-55-60(58)63(57)56-29-15-14-27-54(56)61(55)52-25-12-10-23-50(52)51-24-11-13-26-53(51)61/h1-40H. The summed E-state index contributed by atoms with van der Waals surface area (Å²) in [6.45, 7) is 0. The fourth-order valence-corrected chi connectivity index (χ4v) is 10.7. The van der Waals surface area contributed by atoms with E-state index in [0.717, 1.165) is 67.9 Å². The average molecular weight is 817 g/mol. The van der Waals surface area contributed by atoms with Crippen molar-refractivity contribution in [3.63, 3.8) is 0 Å². The van der Waals surface area contributed by atoms with E-state index >= 15 is 0 Å². The molecule has 2 heterocycles. The lowest BCUT2D eigenvalue weighted by Crippen LogP contribution is -2.37. The van der Waals surface area contributed by atoms with Gasteiger partial charge >= 0.3 is 0 Å². The van der Waals surface area contributed by atoms with Gasteiger partial charge in [0.15, 0.2) is 11.5 Å². The van der Waals surface area contributed by atoms with Gasteiger partial charge in [-0.25, -0.2) is 0 Å². The summed E-state index contributed by atoms with van der Waals surface area (Å²) in [5.41, 5.74) is 20.5. The zero-order chi connectivity index (χ0) is 42.2. The molecule has 10 aromatic carbocycles. The second kappa shape index (κ2) is 14.3. The second-order valence-electron chi connectivity index (χ2n) is 16.8. The van der Waals surface area contributed by atoms with Crippen molar-refractivity contribution >= 4 is 34.1 Å². The Hall–Kier alpha value is -8.40. The molecule has 13 rings (SSSR count). The quantitative estimate of drug-likeness (QED) is 0.166. The first kappa shape index (κ1) is 36.3. The second-order valence-corrected chi connectivity index (χ2v) is 16.8. The van der Waals surface area contributed by atoms with E-state index in [1.807, 2.05) is 0 Å². The number of hydrogen-bond donors (Lipinski definition) is 0. The number of fused-ring (bicyclic) bond motifs is 11. The van der Waals surface area contributed by atoms with Crippen LogP contribution in [0.5, 0.6) is 11.5 Å². The number of benzene rings is 10. The summed E-state index contributed by atoms with van der Waals surface area (Å²) in [5.74, 6) is 1.64. The van der Waals surface area contributed by atoms with Crippen molar-refractivity contribution in [3.8, 4) is 56.0 Å². The highest BCUT2D eigenvalue weighted by molar-refractivity contribution is 6.00. The van der Waals surface area contributed by atoms with Gasteiger partial charge < -0.3 is 14.5 Å². The van der Waals surface area contributed by atoms with Crippen LogP contribution in [-0.4, -0.2) is 0 Å². The SMILES string of the molecule is c1ccc(-c2ccc(N(c3cc(-c4ccccc4)cc(-c4ccccc4)c3)c3ccc4c(c3)Oc3cccc5c3N4c3ccccc3C53c4ccccc4-c4ccccc43)cc2)cc1. The average Bonchev–Trinajstić information content (AvgIpc) is 3.66. The first-order valence-electron chi connectivity index (χ1n) is 22.0. The highest BCUT2D eigenvalue weighted by Crippen LogP contribution is 2.67. The third-order valence-electron chi connectivity index (χ3n) is 13.4. The van der Waals surface area contributed by atoms with E-state index in [-0.39, 0.29) is 0 Å². The van der Waals surface area contributed by atoms with E-state index in [4.69, 9.17) is 4.74 Å². The molecular formula is C61H40N2O. The monoisotopic (exact) mass is 816 g/mol. The van der Waals surface area contributed by atoms with E-state index in [2.05, 4.69) is 252 Å². The van der Waals surface area contributed by atoms with Gasteiger partial charge in [-0.05, 0) is 121 Å². The van der Waals surface area contributed by atoms with Crippen molar-refractivity contribution in [3.05, 3.63) is 265 Å². The summed E-state index contributed by atoms with van der Waals surface area (Å²) in [7, 11) is 0. The number of rotatable bonds is 6. The minimum absolute atomic E-state index is 0.505. The summed E-state index contributed by atoms with van der Waals surface area (Å²) in [6.07, 6.45) is 0. The van der Waals surface area contributed by atoms with Crippen LogP contribution in [0.2, 0.25) is 0 Å². The van der Waals surface area contributed by atoms with E-state index in [9.17, 15) is 0 Å². The number of anilines is 6. The van der Waals surface area contributed by atoms with E-state index in [0.29, 0.717) is 0 Å². The maximum atomic E-state index is 7.18. The highest BCUT2D eigenvalue weighted by atomic mass is 16.5. The molecule has 64 heavy (non-hydrogen) atoms. The lowest BCUT2D eigenvalue weighted by Gasteiger charge is -2.47. The van der Waals surface area contributed by atoms with Gasteiger partial charge in [-0.2, -0.15) is 0 Å². The minimum Gasteiger partial charge on any atom is -0.453 e. The highest BCUT2D eigenvalue weighted by Gasteiger charge is 2.53. The Morgan fingerprint density at radius 3 is 1.44 bits per heavy atom. The van der Waals surface area contributed by atoms with E-state index < -0.39 is 5.41 Å². The molecule has 0 unspecified atom stereocenters. The summed E-state index contributed by atoms with van der Waals surface area (Å²) >= 11 is 0. The van der Waals surface area contributed by atoms with Gasteiger partial charge in [0.05, 0.1) is 22.5 Å². The number of para-hydroxylation sites is 2. The number of hydrogen-bond acceptors (Lipinski definition) is 3. The third kappa shape index (κ3) is 5.41. The van der Waals surface area contributed by atoms with Crippen molar-refractivity contribution in [2.45, 2.75) is 5.41 Å². The van der Waals surface area contributed by atoms with Crippen LogP contribution in [0.25, 0.3) is 44.5 Å². The molecule has 0 saturated carbocycles. The van der Waals surface area contributed by atoms with Gasteiger partial charge in [0.25, 0.3) is 0 Å². The summed E-state index contributed by atoms with van der Waals surface area (Å²) in [5, 5.41) is 0. The van der Waals surface area contributed by atoms with Gasteiger partial charge in [0.1, 0.15) is 0 Å². The van der Waals surface area contributed by atoms with E-state index in [1.54, 1.807) is 0 Å². The Morgan fingerprint density at radius 2 is 0.812 bits per heavy atom. The Morgan fingerprint density at radius 1 is 0.312 bits per heavy atom. The predicted octanol–water partition coefficient (Wildman–Crippen LogP) is 16.4. The van der Waals surface area contributed by atoms with Crippen LogP contribution < -0.4 is 14.5 Å². The van der Waals surface area contributed by atoms with Crippen molar-refractivity contribution in [1.82, 2.24) is 0 Å². The maximum absolute atomic E-state index is 7.18. The van der Waals surface area contributed by atoms with Gasteiger partial charge in [-0.3, -0.25) is 0 Å². The number of ether oxygens (including phenoxy) is 1. The normalized spacial score (nSPS) is 13.2. The lowest BCUT2D eigenvalue weighted by molar-refractivity contribution is 0.474. The predicted molar refractivity (Wildman–Crippen MR) is 263 cm³/mol. The zero-order valence-corrected chi connectivity index (χ0v) is 34.9. The molecule has 0 fully saturated rings. The number of nitrogens with zero attached hydrogens (tertiary/aromatic N) is 2. The summed E-state index contributed by atoms with van der Waals surface area (Å²) < 4.78 is 7.18. The van der Waals surface area contributed by atoms with Crippen molar-refractivity contribution in [1.29, 1.82) is 0 Å². The molecule has 10 aromatic rings. The molecule has 1 aliphatic carbocycles. The molecule has 0 amide bonds. The molecule has 0 radical (unpaired) electrons.